The van der Waals surface area contributed by atoms with E-state index >= 15 is 0 Å². The number of benzene rings is 2. The molecule has 1 aliphatic rings. The van der Waals surface area contributed by atoms with Gasteiger partial charge in [0.1, 0.15) is 0 Å². The van der Waals surface area contributed by atoms with Crippen molar-refractivity contribution < 1.29 is 13.2 Å². The van der Waals surface area contributed by atoms with Crippen molar-refractivity contribution in [2.45, 2.75) is 30.7 Å². The minimum Gasteiger partial charge on any atom is -0.353 e. The first kappa shape index (κ1) is 19.8. The standard InChI is InChI=1S/C20H27N3O3S/c1-3-23-12-6-9-18(23)14-21-20(24)15-22(2)27(25,26)19-11-10-16-7-4-5-8-17(16)13-19/h4-5,7-8,10-11,13,18H,3,6,9,12,14-15H2,1-2H3,(H,21,24)/t18-/m0/s1. The molecular weight excluding hydrogens is 362 g/mol. The van der Waals surface area contributed by atoms with Crippen LogP contribution in [0.3, 0.4) is 0 Å². The number of fused-ring (bicyclic) bond motifs is 1. The summed E-state index contributed by atoms with van der Waals surface area (Å²) in [5.74, 6) is -0.273. The molecule has 1 amide bonds. The maximum atomic E-state index is 12.8. The fourth-order valence-corrected chi connectivity index (χ4v) is 4.79. The predicted octanol–water partition coefficient (Wildman–Crippen LogP) is 2.06. The molecule has 1 saturated heterocycles. The summed E-state index contributed by atoms with van der Waals surface area (Å²) in [7, 11) is -2.27. The van der Waals surface area contributed by atoms with E-state index in [1.54, 1.807) is 18.2 Å². The first-order chi connectivity index (χ1) is 12.9. The van der Waals surface area contributed by atoms with Gasteiger partial charge in [-0.25, -0.2) is 8.42 Å². The van der Waals surface area contributed by atoms with Gasteiger partial charge in [-0.05, 0) is 48.8 Å². The number of hydrogen-bond donors (Lipinski definition) is 1. The minimum atomic E-state index is -3.72. The number of hydrogen-bond acceptors (Lipinski definition) is 4. The lowest BCUT2D eigenvalue weighted by molar-refractivity contribution is -0.121. The van der Waals surface area contributed by atoms with Crippen LogP contribution in [-0.2, 0) is 14.8 Å². The highest BCUT2D eigenvalue weighted by Crippen LogP contribution is 2.21. The molecule has 0 spiro atoms. The summed E-state index contributed by atoms with van der Waals surface area (Å²) in [6, 6.07) is 13.0. The predicted molar refractivity (Wildman–Crippen MR) is 107 cm³/mol. The highest BCUT2D eigenvalue weighted by Gasteiger charge is 2.25. The van der Waals surface area contributed by atoms with Crippen LogP contribution >= 0.6 is 0 Å². The van der Waals surface area contributed by atoms with Crippen LogP contribution in [0, 0.1) is 0 Å². The molecule has 3 rings (SSSR count). The maximum Gasteiger partial charge on any atom is 0.243 e. The second kappa shape index (κ2) is 8.37. The van der Waals surface area contributed by atoms with Gasteiger partial charge in [0.2, 0.25) is 15.9 Å². The second-order valence-electron chi connectivity index (χ2n) is 7.00. The second-order valence-corrected chi connectivity index (χ2v) is 9.04. The summed E-state index contributed by atoms with van der Waals surface area (Å²) in [6.45, 7) is 4.53. The number of nitrogens with zero attached hydrogens (tertiary/aromatic N) is 2. The molecule has 0 radical (unpaired) electrons. The van der Waals surface area contributed by atoms with E-state index in [0.29, 0.717) is 12.6 Å². The Morgan fingerprint density at radius 1 is 1.22 bits per heavy atom. The van der Waals surface area contributed by atoms with Crippen LogP contribution in [0.1, 0.15) is 19.8 Å². The molecule has 2 aromatic carbocycles. The summed E-state index contributed by atoms with van der Waals surface area (Å²) < 4.78 is 26.7. The van der Waals surface area contributed by atoms with E-state index in [4.69, 9.17) is 0 Å². The third-order valence-corrected chi connectivity index (χ3v) is 7.03. The molecule has 0 aliphatic carbocycles. The van der Waals surface area contributed by atoms with Gasteiger partial charge in [-0.2, -0.15) is 4.31 Å². The lowest BCUT2D eigenvalue weighted by atomic mass is 10.1. The molecular formula is C20H27N3O3S. The molecule has 146 valence electrons. The van der Waals surface area contributed by atoms with E-state index < -0.39 is 10.0 Å². The maximum absolute atomic E-state index is 12.8. The van der Waals surface area contributed by atoms with Gasteiger partial charge in [0, 0.05) is 19.6 Å². The Hall–Kier alpha value is -1.96. The van der Waals surface area contributed by atoms with Crippen molar-refractivity contribution in [1.29, 1.82) is 0 Å². The molecule has 1 fully saturated rings. The van der Waals surface area contributed by atoms with Gasteiger partial charge < -0.3 is 5.32 Å². The van der Waals surface area contributed by atoms with Gasteiger partial charge in [-0.1, -0.05) is 37.3 Å². The van der Waals surface area contributed by atoms with Crippen molar-refractivity contribution in [1.82, 2.24) is 14.5 Å². The van der Waals surface area contributed by atoms with Crippen molar-refractivity contribution in [3.63, 3.8) is 0 Å². The molecule has 1 N–H and O–H groups in total. The summed E-state index contributed by atoms with van der Waals surface area (Å²) in [5.41, 5.74) is 0. The van der Waals surface area contributed by atoms with Gasteiger partial charge in [-0.3, -0.25) is 9.69 Å². The Labute approximate surface area is 161 Å². The van der Waals surface area contributed by atoms with E-state index in [2.05, 4.69) is 17.1 Å². The molecule has 2 aromatic rings. The van der Waals surface area contributed by atoms with Crippen LogP contribution in [0.15, 0.2) is 47.4 Å². The molecule has 0 aromatic heterocycles. The Bertz CT molecular complexity index is 914. The Morgan fingerprint density at radius 2 is 1.96 bits per heavy atom. The molecule has 0 saturated carbocycles. The van der Waals surface area contributed by atoms with Crippen LogP contribution in [0.4, 0.5) is 0 Å². The van der Waals surface area contributed by atoms with Gasteiger partial charge >= 0.3 is 0 Å². The Morgan fingerprint density at radius 3 is 2.70 bits per heavy atom. The van der Waals surface area contributed by atoms with Crippen molar-refractivity contribution in [3.8, 4) is 0 Å². The zero-order valence-corrected chi connectivity index (χ0v) is 16.7. The first-order valence-electron chi connectivity index (χ1n) is 9.37. The summed E-state index contributed by atoms with van der Waals surface area (Å²) >= 11 is 0. The highest BCUT2D eigenvalue weighted by atomic mass is 32.2. The Kier molecular flexibility index (Phi) is 6.14. The van der Waals surface area contributed by atoms with Crippen LogP contribution < -0.4 is 5.32 Å². The largest absolute Gasteiger partial charge is 0.353 e. The summed E-state index contributed by atoms with van der Waals surface area (Å²) in [4.78, 5) is 14.8. The minimum absolute atomic E-state index is 0.187. The van der Waals surface area contributed by atoms with E-state index in [1.165, 1.54) is 7.05 Å². The number of likely N-dealkylation sites (N-methyl/N-ethyl adjacent to an activating group) is 2. The van der Waals surface area contributed by atoms with Crippen molar-refractivity contribution in [2.75, 3.05) is 33.2 Å². The smallest absolute Gasteiger partial charge is 0.243 e. The molecule has 1 heterocycles. The number of nitrogens with one attached hydrogen (secondary N) is 1. The van der Waals surface area contributed by atoms with Crippen LogP contribution in [0.25, 0.3) is 10.8 Å². The molecule has 0 bridgehead atoms. The lowest BCUT2D eigenvalue weighted by Crippen LogP contribution is -2.44. The number of sulfonamides is 1. The fourth-order valence-electron chi connectivity index (χ4n) is 3.63. The third kappa shape index (κ3) is 4.48. The van der Waals surface area contributed by atoms with Crippen LogP contribution in [0.5, 0.6) is 0 Å². The number of carbonyl (C=O) groups is 1. The first-order valence-corrected chi connectivity index (χ1v) is 10.8. The average Bonchev–Trinajstić information content (AvgIpc) is 3.13. The molecule has 1 atom stereocenters. The number of rotatable bonds is 7. The topological polar surface area (TPSA) is 69.7 Å². The number of carbonyl (C=O) groups excluding carboxylic acids is 1. The van der Waals surface area contributed by atoms with Crippen molar-refractivity contribution in [3.05, 3.63) is 42.5 Å². The van der Waals surface area contributed by atoms with Gasteiger partial charge in [0.25, 0.3) is 0 Å². The van der Waals surface area contributed by atoms with E-state index in [1.807, 2.05) is 24.3 Å². The normalized spacial score (nSPS) is 18.3. The zero-order valence-electron chi connectivity index (χ0n) is 15.9. The zero-order chi connectivity index (χ0) is 19.4. The van der Waals surface area contributed by atoms with E-state index in [0.717, 1.165) is 41.0 Å². The number of likely N-dealkylation sites (tertiary alicyclic amines) is 1. The summed E-state index contributed by atoms with van der Waals surface area (Å²) in [5, 5.41) is 4.73. The summed E-state index contributed by atoms with van der Waals surface area (Å²) in [6.07, 6.45) is 2.21. The highest BCUT2D eigenvalue weighted by molar-refractivity contribution is 7.89. The van der Waals surface area contributed by atoms with Crippen molar-refractivity contribution >= 4 is 26.7 Å². The molecule has 6 nitrogen and oxygen atoms in total. The molecule has 27 heavy (non-hydrogen) atoms. The molecule has 0 unspecified atom stereocenters. The van der Waals surface area contributed by atoms with Crippen LogP contribution in [0.2, 0.25) is 0 Å². The molecule has 7 heteroatoms. The van der Waals surface area contributed by atoms with E-state index in [-0.39, 0.29) is 17.3 Å². The average molecular weight is 390 g/mol. The van der Waals surface area contributed by atoms with E-state index in [9.17, 15) is 13.2 Å². The monoisotopic (exact) mass is 389 g/mol. The van der Waals surface area contributed by atoms with Gasteiger partial charge in [-0.15, -0.1) is 0 Å². The van der Waals surface area contributed by atoms with Gasteiger partial charge in [0.05, 0.1) is 11.4 Å². The quantitative estimate of drug-likeness (QED) is 0.787. The Balaban J connectivity index is 1.63. The van der Waals surface area contributed by atoms with Crippen LogP contribution in [-0.4, -0.2) is 62.8 Å². The molecule has 1 aliphatic heterocycles. The SMILES string of the molecule is CCN1CCC[C@H]1CNC(=O)CN(C)S(=O)(=O)c1ccc2ccccc2c1. The van der Waals surface area contributed by atoms with Crippen molar-refractivity contribution in [2.24, 2.45) is 0 Å². The fraction of sp³-hybridized carbons (Fsp3) is 0.450. The lowest BCUT2D eigenvalue weighted by Gasteiger charge is -2.23. The third-order valence-electron chi connectivity index (χ3n) is 5.24. The number of amides is 1. The van der Waals surface area contributed by atoms with Gasteiger partial charge in [0.15, 0.2) is 0 Å².